The summed E-state index contributed by atoms with van der Waals surface area (Å²) in [6.45, 7) is 7.62. The maximum absolute atomic E-state index is 13.9. The second kappa shape index (κ2) is 10.1. The molecule has 7 N–H and O–H groups in total. The molecule has 10 heteroatoms. The summed E-state index contributed by atoms with van der Waals surface area (Å²) < 4.78 is 0. The number of aromatic hydroxyl groups is 1. The maximum atomic E-state index is 13.9. The molecule has 10 nitrogen and oxygen atoms in total. The van der Waals surface area contributed by atoms with E-state index in [4.69, 9.17) is 5.73 Å². The molecule has 4 atom stereocenters. The van der Waals surface area contributed by atoms with E-state index >= 15 is 0 Å². The number of primary amides is 1. The lowest BCUT2D eigenvalue weighted by molar-refractivity contribution is -0.155. The molecule has 2 amide bonds. The molecule has 1 aromatic carbocycles. The number of phenols is 1. The lowest BCUT2D eigenvalue weighted by Crippen LogP contribution is -2.62. The number of ketones is 2. The van der Waals surface area contributed by atoms with Gasteiger partial charge in [0.2, 0.25) is 11.7 Å². The van der Waals surface area contributed by atoms with Crippen LogP contribution in [0, 0.1) is 29.6 Å². The third kappa shape index (κ3) is 4.50. The van der Waals surface area contributed by atoms with Gasteiger partial charge in [-0.1, -0.05) is 33.8 Å². The van der Waals surface area contributed by atoms with Crippen LogP contribution < -0.4 is 11.1 Å². The first kappa shape index (κ1) is 28.4. The van der Waals surface area contributed by atoms with Gasteiger partial charge in [0.25, 0.3) is 5.91 Å². The van der Waals surface area contributed by atoms with Gasteiger partial charge in [-0.05, 0) is 54.2 Å². The van der Waals surface area contributed by atoms with Crippen LogP contribution in [0.2, 0.25) is 0 Å². The van der Waals surface area contributed by atoms with E-state index in [1.165, 1.54) is 6.07 Å². The summed E-state index contributed by atoms with van der Waals surface area (Å²) in [6.07, 6.45) is 1.32. The smallest absolute Gasteiger partial charge is 0.255 e. The van der Waals surface area contributed by atoms with Gasteiger partial charge >= 0.3 is 0 Å². The molecule has 3 aliphatic carbocycles. The van der Waals surface area contributed by atoms with E-state index in [1.54, 1.807) is 19.9 Å². The van der Waals surface area contributed by atoms with Gasteiger partial charge in [0.15, 0.2) is 11.4 Å². The SMILES string of the molecule is CC(C)CCC(=O)NCc1ccc(O)c2c1C[C@H]1C[C@H]3[C@H](C(C)C)C(=O)C(C(N)=O)=C(O)[C@@]3(O)C(=O)C1=C2O. The van der Waals surface area contributed by atoms with Crippen molar-refractivity contribution in [2.45, 2.75) is 65.5 Å². The Morgan fingerprint density at radius 1 is 1.13 bits per heavy atom. The number of rotatable bonds is 7. The van der Waals surface area contributed by atoms with Gasteiger partial charge in [-0.3, -0.25) is 19.2 Å². The minimum absolute atomic E-state index is 0.0106. The number of aliphatic hydroxyl groups is 3. The number of hydrogen-bond donors (Lipinski definition) is 6. The largest absolute Gasteiger partial charge is 0.508 e. The van der Waals surface area contributed by atoms with Crippen LogP contribution in [-0.2, 0) is 32.1 Å². The molecule has 0 unspecified atom stereocenters. The summed E-state index contributed by atoms with van der Waals surface area (Å²) in [6, 6.07) is 3.00. The van der Waals surface area contributed by atoms with Crippen LogP contribution >= 0.6 is 0 Å². The zero-order chi connectivity index (χ0) is 29.0. The Kier molecular flexibility index (Phi) is 7.37. The summed E-state index contributed by atoms with van der Waals surface area (Å²) in [5, 5.41) is 47.4. The van der Waals surface area contributed by atoms with Crippen molar-refractivity contribution >= 4 is 29.1 Å². The molecule has 0 aliphatic heterocycles. The van der Waals surface area contributed by atoms with Gasteiger partial charge in [-0.25, -0.2) is 0 Å². The summed E-state index contributed by atoms with van der Waals surface area (Å²) in [7, 11) is 0. The molecule has 0 aromatic heterocycles. The molecule has 1 fully saturated rings. The first-order valence-electron chi connectivity index (χ1n) is 13.3. The monoisotopic (exact) mass is 540 g/mol. The van der Waals surface area contributed by atoms with Crippen molar-refractivity contribution in [3.05, 3.63) is 45.7 Å². The second-order valence-corrected chi connectivity index (χ2v) is 11.6. The van der Waals surface area contributed by atoms with Crippen molar-refractivity contribution in [2.24, 2.45) is 35.3 Å². The van der Waals surface area contributed by atoms with Crippen molar-refractivity contribution in [1.82, 2.24) is 5.32 Å². The molecule has 1 aromatic rings. The Bertz CT molecular complexity index is 1320. The highest BCUT2D eigenvalue weighted by Gasteiger charge is 2.64. The van der Waals surface area contributed by atoms with Crippen LogP contribution in [0.15, 0.2) is 29.0 Å². The maximum Gasteiger partial charge on any atom is 0.255 e. The normalized spacial score (nSPS) is 26.5. The highest BCUT2D eigenvalue weighted by atomic mass is 16.3. The number of phenolic OH excluding ortho intramolecular Hbond substituents is 1. The van der Waals surface area contributed by atoms with Crippen LogP contribution in [0.1, 0.15) is 63.6 Å². The molecule has 1 saturated carbocycles. The van der Waals surface area contributed by atoms with Crippen molar-refractivity contribution in [3.63, 3.8) is 0 Å². The van der Waals surface area contributed by atoms with Gasteiger partial charge in [-0.2, -0.15) is 0 Å². The molecule has 3 aliphatic rings. The average molecular weight is 541 g/mol. The van der Waals surface area contributed by atoms with Gasteiger partial charge < -0.3 is 31.5 Å². The summed E-state index contributed by atoms with van der Waals surface area (Å²) in [4.78, 5) is 51.5. The second-order valence-electron chi connectivity index (χ2n) is 11.6. The quantitative estimate of drug-likeness (QED) is 0.284. The fraction of sp³-hybridized carbons (Fsp3) is 0.517. The Morgan fingerprint density at radius 3 is 2.38 bits per heavy atom. The van der Waals surface area contributed by atoms with E-state index in [2.05, 4.69) is 5.32 Å². The number of hydrogen-bond acceptors (Lipinski definition) is 8. The zero-order valence-electron chi connectivity index (χ0n) is 22.6. The van der Waals surface area contributed by atoms with Gasteiger partial charge in [0, 0.05) is 30.4 Å². The summed E-state index contributed by atoms with van der Waals surface area (Å²) in [5.74, 6) is -7.82. The molecule has 0 heterocycles. The van der Waals surface area contributed by atoms with Crippen LogP contribution in [0.25, 0.3) is 5.76 Å². The molecule has 0 radical (unpaired) electrons. The minimum Gasteiger partial charge on any atom is -0.508 e. The lowest BCUT2D eigenvalue weighted by atomic mass is 9.54. The Hall–Kier alpha value is -3.66. The van der Waals surface area contributed by atoms with Crippen LogP contribution in [0.4, 0.5) is 0 Å². The van der Waals surface area contributed by atoms with E-state index in [0.29, 0.717) is 23.5 Å². The number of carbonyl (C=O) groups excluding carboxylic acids is 4. The fourth-order valence-electron chi connectivity index (χ4n) is 6.42. The zero-order valence-corrected chi connectivity index (χ0v) is 22.6. The molecule has 39 heavy (non-hydrogen) atoms. The van der Waals surface area contributed by atoms with E-state index in [0.717, 1.165) is 6.42 Å². The highest BCUT2D eigenvalue weighted by Crippen LogP contribution is 2.54. The average Bonchev–Trinajstić information content (AvgIpc) is 2.84. The van der Waals surface area contributed by atoms with Gasteiger partial charge in [-0.15, -0.1) is 0 Å². The van der Waals surface area contributed by atoms with Crippen molar-refractivity contribution in [2.75, 3.05) is 0 Å². The molecule has 210 valence electrons. The van der Waals surface area contributed by atoms with Crippen molar-refractivity contribution in [1.29, 1.82) is 0 Å². The standard InChI is InChI=1S/C29H36N2O8/c1-12(2)5-8-19(33)31-11-14-6-7-18(32)22-16(14)9-15-10-17-20(13(3)4)24(34)23(28(30)38)27(37)29(17,39)26(36)21(15)25(22)35/h6-7,12-13,15,17,20,32,35,37,39H,5,8-11H2,1-4H3,(H2,30,38)(H,31,33)/t15-,17-,20-,29-/m0/s1. The van der Waals surface area contributed by atoms with E-state index in [1.807, 2.05) is 13.8 Å². The fourth-order valence-corrected chi connectivity index (χ4v) is 6.42. The number of amides is 2. The number of aliphatic hydroxyl groups excluding tert-OH is 2. The van der Waals surface area contributed by atoms with E-state index in [-0.39, 0.29) is 42.2 Å². The highest BCUT2D eigenvalue weighted by molar-refractivity contribution is 6.23. The summed E-state index contributed by atoms with van der Waals surface area (Å²) in [5.41, 5.74) is 2.92. The topological polar surface area (TPSA) is 187 Å². The lowest BCUT2D eigenvalue weighted by Gasteiger charge is -2.50. The van der Waals surface area contributed by atoms with Crippen LogP contribution in [0.3, 0.4) is 0 Å². The van der Waals surface area contributed by atoms with Crippen LogP contribution in [-0.4, -0.2) is 49.4 Å². The number of Topliss-reactive ketones (excluding diaryl/α,β-unsaturated/α-hetero) is 2. The van der Waals surface area contributed by atoms with E-state index in [9.17, 15) is 39.6 Å². The molecule has 0 spiro atoms. The predicted molar refractivity (Wildman–Crippen MR) is 141 cm³/mol. The Morgan fingerprint density at radius 2 is 1.79 bits per heavy atom. The third-order valence-electron chi connectivity index (χ3n) is 8.37. The molecular weight excluding hydrogens is 504 g/mol. The van der Waals surface area contributed by atoms with Gasteiger partial charge in [0.1, 0.15) is 22.8 Å². The number of nitrogens with one attached hydrogen (secondary N) is 1. The molecular formula is C29H36N2O8. The number of fused-ring (bicyclic) bond motifs is 3. The van der Waals surface area contributed by atoms with Crippen LogP contribution in [0.5, 0.6) is 5.75 Å². The Balaban J connectivity index is 1.79. The van der Waals surface area contributed by atoms with Gasteiger partial charge in [0.05, 0.1) is 5.56 Å². The van der Waals surface area contributed by atoms with Crippen molar-refractivity contribution in [3.8, 4) is 5.75 Å². The minimum atomic E-state index is -2.64. The first-order valence-corrected chi connectivity index (χ1v) is 13.3. The number of benzene rings is 1. The third-order valence-corrected chi connectivity index (χ3v) is 8.37. The molecule has 0 bridgehead atoms. The number of nitrogens with two attached hydrogens (primary N) is 1. The van der Waals surface area contributed by atoms with E-state index < -0.39 is 63.8 Å². The first-order chi connectivity index (χ1) is 18.2. The van der Waals surface area contributed by atoms with Crippen molar-refractivity contribution < 1.29 is 39.6 Å². The summed E-state index contributed by atoms with van der Waals surface area (Å²) >= 11 is 0. The predicted octanol–water partition coefficient (Wildman–Crippen LogP) is 2.36. The number of carbonyl (C=O) groups is 4. The Labute approximate surface area is 226 Å². The molecule has 4 rings (SSSR count). The molecule has 0 saturated heterocycles.